The number of hydrazone groups is 1. The lowest BCUT2D eigenvalue weighted by atomic mass is 10.1. The molecule has 0 fully saturated rings. The first-order valence-corrected chi connectivity index (χ1v) is 10.0. The molecular weight excluding hydrogens is 397 g/mol. The molecule has 3 rings (SSSR count). The number of halogens is 1. The molecule has 0 radical (unpaired) electrons. The molecule has 0 aliphatic heterocycles. The van der Waals surface area contributed by atoms with E-state index in [9.17, 15) is 9.18 Å². The molecule has 0 saturated carbocycles. The van der Waals surface area contributed by atoms with Gasteiger partial charge in [-0.2, -0.15) is 5.10 Å². The van der Waals surface area contributed by atoms with Gasteiger partial charge in [-0.1, -0.05) is 11.6 Å². The van der Waals surface area contributed by atoms with Crippen molar-refractivity contribution in [3.8, 4) is 5.82 Å². The second-order valence-electron chi connectivity index (χ2n) is 6.95. The van der Waals surface area contributed by atoms with E-state index in [2.05, 4.69) is 20.5 Å². The number of nitrogens with two attached hydrogens (primary N) is 1. The van der Waals surface area contributed by atoms with E-state index in [-0.39, 0.29) is 11.7 Å². The number of pyridine rings is 1. The van der Waals surface area contributed by atoms with E-state index in [1.54, 1.807) is 21.9 Å². The Labute approximate surface area is 180 Å². The molecule has 31 heavy (non-hydrogen) atoms. The van der Waals surface area contributed by atoms with Crippen molar-refractivity contribution in [1.82, 2.24) is 19.4 Å². The molecule has 9 heteroatoms. The van der Waals surface area contributed by atoms with E-state index in [0.29, 0.717) is 43.1 Å². The Morgan fingerprint density at radius 3 is 2.87 bits per heavy atom. The Bertz CT molecular complexity index is 1050. The van der Waals surface area contributed by atoms with Gasteiger partial charge in [-0.05, 0) is 38.1 Å². The highest BCUT2D eigenvalue weighted by molar-refractivity contribution is 5.99. The SMILES string of the molecule is CCN(CCc1cn(-c2ccc(F)cn2)cn1)C(=O)c1cc(C)ccc1N/N=C\CN. The quantitative estimate of drug-likeness (QED) is 0.407. The number of likely N-dealkylation sites (N-methyl/N-ethyl adjacent to an activating group) is 1. The van der Waals surface area contributed by atoms with Crippen molar-refractivity contribution in [3.05, 3.63) is 71.7 Å². The predicted octanol–water partition coefficient (Wildman–Crippen LogP) is 2.78. The van der Waals surface area contributed by atoms with E-state index < -0.39 is 0 Å². The van der Waals surface area contributed by atoms with Gasteiger partial charge in [-0.3, -0.25) is 14.8 Å². The Hall–Kier alpha value is -3.59. The molecule has 0 aliphatic carbocycles. The third kappa shape index (κ3) is 5.73. The summed E-state index contributed by atoms with van der Waals surface area (Å²) in [6, 6.07) is 8.54. The largest absolute Gasteiger partial charge is 0.338 e. The minimum Gasteiger partial charge on any atom is -0.338 e. The van der Waals surface area contributed by atoms with Crippen LogP contribution in [-0.4, -0.2) is 51.2 Å². The molecule has 162 valence electrons. The van der Waals surface area contributed by atoms with Gasteiger partial charge in [0, 0.05) is 38.5 Å². The number of aromatic nitrogens is 3. The van der Waals surface area contributed by atoms with Gasteiger partial charge < -0.3 is 10.6 Å². The minimum atomic E-state index is -0.389. The number of rotatable bonds is 9. The van der Waals surface area contributed by atoms with Crippen LogP contribution in [0.15, 0.2) is 54.2 Å². The second kappa shape index (κ2) is 10.4. The van der Waals surface area contributed by atoms with Crippen molar-refractivity contribution >= 4 is 17.8 Å². The highest BCUT2D eigenvalue weighted by Crippen LogP contribution is 2.20. The van der Waals surface area contributed by atoms with Crippen LogP contribution < -0.4 is 11.2 Å². The van der Waals surface area contributed by atoms with Crippen LogP contribution in [0.25, 0.3) is 5.82 Å². The number of nitrogens with one attached hydrogen (secondary N) is 1. The number of hydrogen-bond donors (Lipinski definition) is 2. The molecule has 0 aliphatic rings. The summed E-state index contributed by atoms with van der Waals surface area (Å²) in [7, 11) is 0. The summed E-state index contributed by atoms with van der Waals surface area (Å²) in [5.74, 6) is 0.105. The fraction of sp³-hybridized carbons (Fsp3) is 0.273. The van der Waals surface area contributed by atoms with Crippen LogP contribution in [0.2, 0.25) is 0 Å². The maximum atomic E-state index is 13.2. The smallest absolute Gasteiger partial charge is 0.256 e. The molecule has 8 nitrogen and oxygen atoms in total. The summed E-state index contributed by atoms with van der Waals surface area (Å²) in [5, 5.41) is 4.04. The summed E-state index contributed by atoms with van der Waals surface area (Å²) >= 11 is 0. The van der Waals surface area contributed by atoms with Crippen molar-refractivity contribution in [3.63, 3.8) is 0 Å². The average molecular weight is 423 g/mol. The number of amides is 1. The van der Waals surface area contributed by atoms with Crippen molar-refractivity contribution in [2.24, 2.45) is 10.8 Å². The van der Waals surface area contributed by atoms with E-state index >= 15 is 0 Å². The normalized spacial score (nSPS) is 11.1. The number of hydrogen-bond acceptors (Lipinski definition) is 6. The Kier molecular flexibility index (Phi) is 7.45. The number of nitrogens with zero attached hydrogens (tertiary/aromatic N) is 5. The molecule has 0 atom stereocenters. The van der Waals surface area contributed by atoms with Crippen LogP contribution in [-0.2, 0) is 6.42 Å². The van der Waals surface area contributed by atoms with E-state index in [1.165, 1.54) is 12.3 Å². The summed E-state index contributed by atoms with van der Waals surface area (Å²) in [6.07, 6.45) is 6.74. The number of carbonyl (C=O) groups is 1. The molecule has 3 N–H and O–H groups in total. The minimum absolute atomic E-state index is 0.0868. The molecule has 0 saturated heterocycles. The summed E-state index contributed by atoms with van der Waals surface area (Å²) in [5.41, 5.74) is 11.3. The number of benzene rings is 1. The zero-order valence-corrected chi connectivity index (χ0v) is 17.6. The van der Waals surface area contributed by atoms with Crippen LogP contribution >= 0.6 is 0 Å². The molecule has 2 heterocycles. The van der Waals surface area contributed by atoms with Gasteiger partial charge in [0.05, 0.1) is 23.1 Å². The predicted molar refractivity (Wildman–Crippen MR) is 119 cm³/mol. The first-order chi connectivity index (χ1) is 15.0. The molecule has 2 aromatic heterocycles. The Morgan fingerprint density at radius 1 is 1.32 bits per heavy atom. The topological polar surface area (TPSA) is 101 Å². The summed E-state index contributed by atoms with van der Waals surface area (Å²) in [6.45, 7) is 5.25. The zero-order chi connectivity index (χ0) is 22.2. The van der Waals surface area contributed by atoms with Gasteiger partial charge in [0.25, 0.3) is 5.91 Å². The number of aryl methyl sites for hydroxylation is 1. The zero-order valence-electron chi connectivity index (χ0n) is 17.6. The van der Waals surface area contributed by atoms with Crippen molar-refractivity contribution in [1.29, 1.82) is 0 Å². The highest BCUT2D eigenvalue weighted by atomic mass is 19.1. The number of imidazole rings is 1. The summed E-state index contributed by atoms with van der Waals surface area (Å²) in [4.78, 5) is 23.4. The maximum Gasteiger partial charge on any atom is 0.256 e. The Morgan fingerprint density at radius 2 is 2.16 bits per heavy atom. The van der Waals surface area contributed by atoms with Gasteiger partial charge in [-0.25, -0.2) is 14.4 Å². The average Bonchev–Trinajstić information content (AvgIpc) is 3.24. The van der Waals surface area contributed by atoms with Crippen LogP contribution in [0, 0.1) is 12.7 Å². The van der Waals surface area contributed by atoms with E-state index in [1.807, 2.05) is 38.2 Å². The monoisotopic (exact) mass is 423 g/mol. The lowest BCUT2D eigenvalue weighted by molar-refractivity contribution is 0.0766. The lowest BCUT2D eigenvalue weighted by Crippen LogP contribution is -2.33. The van der Waals surface area contributed by atoms with E-state index in [4.69, 9.17) is 5.73 Å². The molecule has 1 aromatic carbocycles. The van der Waals surface area contributed by atoms with Gasteiger partial charge in [-0.15, -0.1) is 0 Å². The number of carbonyl (C=O) groups excluding carboxylic acids is 1. The Balaban J connectivity index is 1.70. The summed E-state index contributed by atoms with van der Waals surface area (Å²) < 4.78 is 14.8. The molecule has 3 aromatic rings. The van der Waals surface area contributed by atoms with Gasteiger partial charge in [0.2, 0.25) is 0 Å². The van der Waals surface area contributed by atoms with E-state index in [0.717, 1.165) is 17.5 Å². The van der Waals surface area contributed by atoms with Crippen molar-refractivity contribution in [2.75, 3.05) is 25.1 Å². The number of anilines is 1. The second-order valence-corrected chi connectivity index (χ2v) is 6.95. The third-order valence-corrected chi connectivity index (χ3v) is 4.71. The molecule has 1 amide bonds. The molecule has 0 spiro atoms. The first-order valence-electron chi connectivity index (χ1n) is 10.0. The van der Waals surface area contributed by atoms with Gasteiger partial charge in [0.15, 0.2) is 0 Å². The fourth-order valence-corrected chi connectivity index (χ4v) is 3.06. The lowest BCUT2D eigenvalue weighted by Gasteiger charge is -2.22. The third-order valence-electron chi connectivity index (χ3n) is 4.71. The van der Waals surface area contributed by atoms with Crippen LogP contribution in [0.5, 0.6) is 0 Å². The van der Waals surface area contributed by atoms with Crippen LogP contribution in [0.4, 0.5) is 10.1 Å². The van der Waals surface area contributed by atoms with Crippen molar-refractivity contribution < 1.29 is 9.18 Å². The first kappa shape index (κ1) is 22.1. The highest BCUT2D eigenvalue weighted by Gasteiger charge is 2.18. The van der Waals surface area contributed by atoms with Gasteiger partial charge in [0.1, 0.15) is 18.0 Å². The fourth-order valence-electron chi connectivity index (χ4n) is 3.06. The molecule has 0 bridgehead atoms. The molecular formula is C22H26FN7O. The van der Waals surface area contributed by atoms with Crippen molar-refractivity contribution in [2.45, 2.75) is 20.3 Å². The van der Waals surface area contributed by atoms with Crippen LogP contribution in [0.3, 0.4) is 0 Å². The molecule has 0 unspecified atom stereocenters. The maximum absolute atomic E-state index is 13.2. The standard InChI is InChI=1S/C22H26FN7O/c1-3-29(22(31)19-12-16(2)4-6-20(19)28-27-10-9-24)11-8-18-14-30(15-26-18)21-7-5-17(23)13-25-21/h4-7,10,12-15,28H,3,8-9,11,24H2,1-2H3/b27-10-. The van der Waals surface area contributed by atoms with Crippen LogP contribution in [0.1, 0.15) is 28.5 Å². The van der Waals surface area contributed by atoms with Gasteiger partial charge >= 0.3 is 0 Å².